The Bertz CT molecular complexity index is 1080. The third-order valence-electron chi connectivity index (χ3n) is 5.71. The van der Waals surface area contributed by atoms with Crippen molar-refractivity contribution >= 4 is 45.7 Å². The third kappa shape index (κ3) is 3.98. The highest BCUT2D eigenvalue weighted by molar-refractivity contribution is 7.17. The summed E-state index contributed by atoms with van der Waals surface area (Å²) in [5.74, 6) is -1.55. The summed E-state index contributed by atoms with van der Waals surface area (Å²) in [7, 11) is 0. The van der Waals surface area contributed by atoms with Crippen molar-refractivity contribution in [2.45, 2.75) is 45.7 Å². The Morgan fingerprint density at radius 2 is 1.84 bits per heavy atom. The summed E-state index contributed by atoms with van der Waals surface area (Å²) < 4.78 is 0. The molecule has 2 aliphatic rings. The van der Waals surface area contributed by atoms with Gasteiger partial charge in [-0.05, 0) is 44.0 Å². The smallest absolute Gasteiger partial charge is 0.256 e. The van der Waals surface area contributed by atoms with E-state index in [-0.39, 0.29) is 30.2 Å². The number of amides is 4. The van der Waals surface area contributed by atoms with E-state index in [1.807, 2.05) is 0 Å². The van der Waals surface area contributed by atoms with Gasteiger partial charge in [-0.1, -0.05) is 6.07 Å². The van der Waals surface area contributed by atoms with Crippen molar-refractivity contribution < 1.29 is 19.2 Å². The molecule has 2 aromatic rings. The van der Waals surface area contributed by atoms with Gasteiger partial charge < -0.3 is 11.1 Å². The van der Waals surface area contributed by atoms with Crippen LogP contribution >= 0.6 is 11.3 Å². The van der Waals surface area contributed by atoms with Crippen LogP contribution in [0.15, 0.2) is 24.3 Å². The largest absolute Gasteiger partial charge is 0.365 e. The average molecular weight is 441 g/mol. The van der Waals surface area contributed by atoms with E-state index in [2.05, 4.69) is 24.1 Å². The van der Waals surface area contributed by atoms with Gasteiger partial charge in [0.15, 0.2) is 0 Å². The zero-order chi connectivity index (χ0) is 22.3. The van der Waals surface area contributed by atoms with Gasteiger partial charge in [-0.25, -0.2) is 0 Å². The first-order valence-electron chi connectivity index (χ1n) is 10.2. The SMILES string of the molecule is CC(C)N1CCc2c(sc(NC(=O)c3cccc(N4C(=O)CCC4=O)c3)c2C(N)=O)C1. The molecule has 1 saturated heterocycles. The van der Waals surface area contributed by atoms with Gasteiger partial charge in [0.1, 0.15) is 5.00 Å². The molecule has 2 aliphatic heterocycles. The Kier molecular flexibility index (Phi) is 5.63. The summed E-state index contributed by atoms with van der Waals surface area (Å²) in [5.41, 5.74) is 7.59. The zero-order valence-electron chi connectivity index (χ0n) is 17.4. The topological polar surface area (TPSA) is 113 Å². The zero-order valence-corrected chi connectivity index (χ0v) is 18.3. The van der Waals surface area contributed by atoms with Gasteiger partial charge in [-0.2, -0.15) is 0 Å². The number of nitrogens with zero attached hydrogens (tertiary/aromatic N) is 2. The fraction of sp³-hybridized carbons (Fsp3) is 0.364. The summed E-state index contributed by atoms with van der Waals surface area (Å²) in [6.45, 7) is 5.79. The Morgan fingerprint density at radius 3 is 2.48 bits per heavy atom. The first kappa shape index (κ1) is 21.2. The van der Waals surface area contributed by atoms with Gasteiger partial charge in [-0.3, -0.25) is 29.0 Å². The van der Waals surface area contributed by atoms with E-state index in [4.69, 9.17) is 5.73 Å². The molecule has 162 valence electrons. The number of benzene rings is 1. The number of rotatable bonds is 5. The molecule has 31 heavy (non-hydrogen) atoms. The summed E-state index contributed by atoms with van der Waals surface area (Å²) >= 11 is 1.37. The normalized spacial score (nSPS) is 16.7. The first-order valence-corrected chi connectivity index (χ1v) is 11.0. The minimum atomic E-state index is -0.562. The number of carbonyl (C=O) groups is 4. The van der Waals surface area contributed by atoms with Gasteiger partial charge in [0.2, 0.25) is 11.8 Å². The molecule has 4 amide bonds. The molecule has 0 aliphatic carbocycles. The van der Waals surface area contributed by atoms with Crippen molar-refractivity contribution in [2.75, 3.05) is 16.8 Å². The molecule has 3 heterocycles. The highest BCUT2D eigenvalue weighted by Crippen LogP contribution is 2.37. The molecule has 9 heteroatoms. The summed E-state index contributed by atoms with van der Waals surface area (Å²) in [6.07, 6.45) is 1.05. The number of hydrogen-bond acceptors (Lipinski definition) is 6. The quantitative estimate of drug-likeness (QED) is 0.694. The van der Waals surface area contributed by atoms with E-state index >= 15 is 0 Å². The predicted molar refractivity (Wildman–Crippen MR) is 118 cm³/mol. The number of hydrogen-bond donors (Lipinski definition) is 2. The number of fused-ring (bicyclic) bond motifs is 1. The van der Waals surface area contributed by atoms with Crippen LogP contribution in [0.5, 0.6) is 0 Å². The maximum Gasteiger partial charge on any atom is 0.256 e. The van der Waals surface area contributed by atoms with E-state index in [0.717, 1.165) is 21.9 Å². The van der Waals surface area contributed by atoms with E-state index in [0.29, 0.717) is 35.3 Å². The van der Waals surface area contributed by atoms with Crippen LogP contribution in [0.3, 0.4) is 0 Å². The Morgan fingerprint density at radius 1 is 1.13 bits per heavy atom. The van der Waals surface area contributed by atoms with Crippen molar-refractivity contribution in [1.29, 1.82) is 0 Å². The van der Waals surface area contributed by atoms with Crippen LogP contribution in [-0.2, 0) is 22.6 Å². The number of thiophene rings is 1. The monoisotopic (exact) mass is 440 g/mol. The van der Waals surface area contributed by atoms with Crippen LogP contribution in [0.1, 0.15) is 57.8 Å². The van der Waals surface area contributed by atoms with Crippen LogP contribution in [0.2, 0.25) is 0 Å². The van der Waals surface area contributed by atoms with Crippen molar-refractivity contribution in [1.82, 2.24) is 4.90 Å². The van der Waals surface area contributed by atoms with Crippen molar-refractivity contribution in [2.24, 2.45) is 5.73 Å². The molecule has 8 nitrogen and oxygen atoms in total. The van der Waals surface area contributed by atoms with E-state index < -0.39 is 11.8 Å². The maximum absolute atomic E-state index is 12.9. The van der Waals surface area contributed by atoms with Crippen molar-refractivity contribution in [3.8, 4) is 0 Å². The molecule has 1 aromatic heterocycles. The lowest BCUT2D eigenvalue weighted by Crippen LogP contribution is -2.35. The molecule has 0 atom stereocenters. The standard InChI is InChI=1S/C22H24N4O4S/c1-12(2)25-9-8-15-16(11-25)31-22(19(15)20(23)29)24-21(30)13-4-3-5-14(10-13)26-17(27)6-7-18(26)28/h3-5,10,12H,6-9,11H2,1-2H3,(H2,23,29)(H,24,30). The second-order valence-electron chi connectivity index (χ2n) is 8.01. The number of nitrogens with one attached hydrogen (secondary N) is 1. The molecule has 1 fully saturated rings. The molecule has 0 spiro atoms. The number of primary amides is 1. The molecule has 3 N–H and O–H groups in total. The average Bonchev–Trinajstić information content (AvgIpc) is 3.26. The minimum Gasteiger partial charge on any atom is -0.365 e. The van der Waals surface area contributed by atoms with Crippen LogP contribution in [0.4, 0.5) is 10.7 Å². The second kappa shape index (κ2) is 8.24. The molecule has 0 radical (unpaired) electrons. The van der Waals surface area contributed by atoms with Gasteiger partial charge in [0.05, 0.1) is 11.3 Å². The lowest BCUT2D eigenvalue weighted by molar-refractivity contribution is -0.121. The minimum absolute atomic E-state index is 0.172. The Hall–Kier alpha value is -3.04. The second-order valence-corrected chi connectivity index (χ2v) is 9.12. The molecule has 0 saturated carbocycles. The van der Waals surface area contributed by atoms with Crippen LogP contribution in [0, 0.1) is 0 Å². The van der Waals surface area contributed by atoms with Gasteiger partial charge in [-0.15, -0.1) is 11.3 Å². The summed E-state index contributed by atoms with van der Waals surface area (Å²) in [5, 5.41) is 3.26. The van der Waals surface area contributed by atoms with E-state index in [1.165, 1.54) is 17.4 Å². The van der Waals surface area contributed by atoms with Crippen LogP contribution < -0.4 is 16.0 Å². The van der Waals surface area contributed by atoms with Crippen molar-refractivity contribution in [3.05, 3.63) is 45.8 Å². The predicted octanol–water partition coefficient (Wildman–Crippen LogP) is 2.52. The highest BCUT2D eigenvalue weighted by atomic mass is 32.1. The Balaban J connectivity index is 1.61. The summed E-state index contributed by atoms with van der Waals surface area (Å²) in [4.78, 5) is 53.6. The summed E-state index contributed by atoms with van der Waals surface area (Å²) in [6, 6.07) is 6.73. The molecule has 0 bridgehead atoms. The van der Waals surface area contributed by atoms with Gasteiger partial charge in [0.25, 0.3) is 11.8 Å². The maximum atomic E-state index is 12.9. The van der Waals surface area contributed by atoms with Crippen molar-refractivity contribution in [3.63, 3.8) is 0 Å². The number of anilines is 2. The van der Waals surface area contributed by atoms with Crippen LogP contribution in [0.25, 0.3) is 0 Å². The third-order valence-corrected chi connectivity index (χ3v) is 6.84. The fourth-order valence-electron chi connectivity index (χ4n) is 4.04. The molecular weight excluding hydrogens is 416 g/mol. The lowest BCUT2D eigenvalue weighted by atomic mass is 10.0. The first-order chi connectivity index (χ1) is 14.8. The van der Waals surface area contributed by atoms with Crippen LogP contribution in [-0.4, -0.2) is 41.1 Å². The molecular formula is C22H24N4O4S. The van der Waals surface area contributed by atoms with E-state index in [9.17, 15) is 19.2 Å². The molecule has 4 rings (SSSR count). The van der Waals surface area contributed by atoms with Gasteiger partial charge in [0, 0.05) is 42.4 Å². The fourth-order valence-corrected chi connectivity index (χ4v) is 5.31. The lowest BCUT2D eigenvalue weighted by Gasteiger charge is -2.30. The number of carbonyl (C=O) groups excluding carboxylic acids is 4. The van der Waals surface area contributed by atoms with Gasteiger partial charge >= 0.3 is 0 Å². The Labute approximate surface area is 184 Å². The molecule has 1 aromatic carbocycles. The highest BCUT2D eigenvalue weighted by Gasteiger charge is 2.31. The van der Waals surface area contributed by atoms with E-state index in [1.54, 1.807) is 18.2 Å². The number of imide groups is 1. The number of nitrogens with two attached hydrogens (primary N) is 1. The molecule has 0 unspecified atom stereocenters.